The topological polar surface area (TPSA) is 105 Å². The molecule has 31 heavy (non-hydrogen) atoms. The molecule has 2 aromatic rings. The molecule has 0 aliphatic carbocycles. The van der Waals surface area contributed by atoms with Crippen molar-refractivity contribution in [3.8, 4) is 0 Å². The number of hydrogen-bond acceptors (Lipinski definition) is 4. The normalized spacial score (nSPS) is 12.6. The number of carbonyl (C=O) groups is 3. The van der Waals surface area contributed by atoms with Gasteiger partial charge in [0.25, 0.3) is 0 Å². The second-order valence-electron chi connectivity index (χ2n) is 7.92. The van der Waals surface area contributed by atoms with Gasteiger partial charge >= 0.3 is 12.1 Å². The lowest BCUT2D eigenvalue weighted by Gasteiger charge is -2.23. The molecule has 166 valence electrons. The van der Waals surface area contributed by atoms with E-state index in [4.69, 9.17) is 4.74 Å². The third-order valence-electron chi connectivity index (χ3n) is 4.83. The predicted molar refractivity (Wildman–Crippen MR) is 117 cm³/mol. The molecule has 0 heterocycles. The Balaban J connectivity index is 2.01. The Kier molecular flexibility index (Phi) is 9.06. The van der Waals surface area contributed by atoms with Crippen LogP contribution >= 0.6 is 0 Å². The summed E-state index contributed by atoms with van der Waals surface area (Å²) in [6.45, 7) is 5.80. The molecular formula is C24H30N2O5. The Morgan fingerprint density at radius 3 is 2.19 bits per heavy atom. The predicted octanol–water partition coefficient (Wildman–Crippen LogP) is 3.45. The maximum atomic E-state index is 12.8. The lowest BCUT2D eigenvalue weighted by molar-refractivity contribution is -0.142. The molecule has 0 radical (unpaired) electrons. The van der Waals surface area contributed by atoms with Gasteiger partial charge in [-0.25, -0.2) is 9.59 Å². The van der Waals surface area contributed by atoms with Crippen LogP contribution in [0.25, 0.3) is 0 Å². The third-order valence-corrected chi connectivity index (χ3v) is 4.83. The Morgan fingerprint density at radius 2 is 1.58 bits per heavy atom. The van der Waals surface area contributed by atoms with Gasteiger partial charge in [0, 0.05) is 6.42 Å². The molecule has 0 aliphatic rings. The highest BCUT2D eigenvalue weighted by Crippen LogP contribution is 2.12. The highest BCUT2D eigenvalue weighted by atomic mass is 16.5. The van der Waals surface area contributed by atoms with Crippen molar-refractivity contribution in [2.75, 3.05) is 0 Å². The Bertz CT molecular complexity index is 883. The zero-order valence-corrected chi connectivity index (χ0v) is 18.1. The number of aryl methyl sites for hydroxylation is 1. The van der Waals surface area contributed by atoms with Gasteiger partial charge in [0.05, 0.1) is 0 Å². The number of amides is 2. The smallest absolute Gasteiger partial charge is 0.408 e. The molecule has 7 heteroatoms. The average Bonchev–Trinajstić information content (AvgIpc) is 2.73. The van der Waals surface area contributed by atoms with Crippen LogP contribution in [0.4, 0.5) is 4.79 Å². The molecule has 0 unspecified atom stereocenters. The van der Waals surface area contributed by atoms with Gasteiger partial charge in [-0.3, -0.25) is 4.79 Å². The van der Waals surface area contributed by atoms with E-state index in [1.54, 1.807) is 0 Å². The van der Waals surface area contributed by atoms with Gasteiger partial charge < -0.3 is 20.5 Å². The van der Waals surface area contributed by atoms with Crippen molar-refractivity contribution >= 4 is 18.0 Å². The summed E-state index contributed by atoms with van der Waals surface area (Å²) in [5.41, 5.74) is 2.61. The number of nitrogens with one attached hydrogen (secondary N) is 2. The maximum absolute atomic E-state index is 12.8. The van der Waals surface area contributed by atoms with Gasteiger partial charge in [0.2, 0.25) is 5.91 Å². The van der Waals surface area contributed by atoms with Gasteiger partial charge in [-0.1, -0.05) is 68.4 Å². The summed E-state index contributed by atoms with van der Waals surface area (Å²) < 4.78 is 5.21. The van der Waals surface area contributed by atoms with E-state index in [-0.39, 0.29) is 18.9 Å². The van der Waals surface area contributed by atoms with Crippen LogP contribution in [-0.4, -0.2) is 35.2 Å². The molecule has 7 nitrogen and oxygen atoms in total. The fraction of sp³-hybridized carbons (Fsp3) is 0.375. The number of aliphatic carboxylic acids is 1. The van der Waals surface area contributed by atoms with Crippen LogP contribution in [0.3, 0.4) is 0 Å². The van der Waals surface area contributed by atoms with Crippen molar-refractivity contribution < 1.29 is 24.2 Å². The first-order chi connectivity index (χ1) is 14.8. The highest BCUT2D eigenvalue weighted by molar-refractivity contribution is 5.89. The number of benzene rings is 2. The van der Waals surface area contributed by atoms with Crippen LogP contribution in [0.2, 0.25) is 0 Å². The molecule has 2 aromatic carbocycles. The highest BCUT2D eigenvalue weighted by Gasteiger charge is 2.28. The monoisotopic (exact) mass is 426 g/mol. The fourth-order valence-electron chi connectivity index (χ4n) is 3.14. The van der Waals surface area contributed by atoms with Gasteiger partial charge in [-0.15, -0.1) is 0 Å². The molecular weight excluding hydrogens is 396 g/mol. The first-order valence-corrected chi connectivity index (χ1v) is 10.3. The number of ether oxygens (including phenoxy) is 1. The van der Waals surface area contributed by atoms with E-state index in [2.05, 4.69) is 10.6 Å². The van der Waals surface area contributed by atoms with Crippen LogP contribution in [0.15, 0.2) is 54.6 Å². The maximum Gasteiger partial charge on any atom is 0.408 e. The van der Waals surface area contributed by atoms with Gasteiger partial charge in [-0.2, -0.15) is 0 Å². The molecule has 0 saturated heterocycles. The Labute approximate surface area is 182 Å². The van der Waals surface area contributed by atoms with E-state index in [1.165, 1.54) is 0 Å². The van der Waals surface area contributed by atoms with Gasteiger partial charge in [0.15, 0.2) is 0 Å². The van der Waals surface area contributed by atoms with Crippen molar-refractivity contribution in [2.45, 2.75) is 52.3 Å². The Hall–Kier alpha value is -3.35. The lowest BCUT2D eigenvalue weighted by atomic mass is 9.99. The van der Waals surface area contributed by atoms with Crippen LogP contribution in [0.1, 0.15) is 37.0 Å². The van der Waals surface area contributed by atoms with Gasteiger partial charge in [0.1, 0.15) is 18.7 Å². The third kappa shape index (κ3) is 8.12. The van der Waals surface area contributed by atoms with Crippen molar-refractivity contribution in [3.63, 3.8) is 0 Å². The number of hydrogen-bond donors (Lipinski definition) is 3. The summed E-state index contributed by atoms with van der Waals surface area (Å²) in [7, 11) is 0. The number of carbonyl (C=O) groups excluding carboxylic acids is 2. The second kappa shape index (κ2) is 11.7. The molecule has 0 fully saturated rings. The average molecular weight is 427 g/mol. The van der Waals surface area contributed by atoms with Crippen molar-refractivity contribution in [2.24, 2.45) is 5.92 Å². The van der Waals surface area contributed by atoms with Crippen LogP contribution < -0.4 is 10.6 Å². The number of carboxylic acid groups (broad SMARTS) is 1. The van der Waals surface area contributed by atoms with Gasteiger partial charge in [-0.05, 0) is 36.0 Å². The molecule has 0 bridgehead atoms. The Morgan fingerprint density at radius 1 is 0.935 bits per heavy atom. The van der Waals surface area contributed by atoms with E-state index < -0.39 is 30.1 Å². The minimum atomic E-state index is -1.13. The molecule has 0 spiro atoms. The summed E-state index contributed by atoms with van der Waals surface area (Å²) in [5, 5.41) is 14.7. The number of alkyl carbamates (subject to hydrolysis) is 1. The van der Waals surface area contributed by atoms with E-state index in [1.807, 2.05) is 75.4 Å². The molecule has 3 N–H and O–H groups in total. The molecule has 2 amide bonds. The first-order valence-electron chi connectivity index (χ1n) is 10.3. The van der Waals surface area contributed by atoms with Crippen LogP contribution in [-0.2, 0) is 27.4 Å². The van der Waals surface area contributed by atoms with E-state index in [9.17, 15) is 19.5 Å². The zero-order chi connectivity index (χ0) is 22.8. The summed E-state index contributed by atoms with van der Waals surface area (Å²) in [4.78, 5) is 36.8. The molecule has 2 rings (SSSR count). The molecule has 0 saturated carbocycles. The van der Waals surface area contributed by atoms with E-state index in [0.29, 0.717) is 6.42 Å². The quantitative estimate of drug-likeness (QED) is 0.540. The SMILES string of the molecule is Cc1ccccc1C[C@@H](NC(=O)[C@H](CC(C)C)NC(=O)OCc1ccccc1)C(=O)O. The van der Waals surface area contributed by atoms with Crippen molar-refractivity contribution in [1.82, 2.24) is 10.6 Å². The standard InChI is InChI=1S/C24H30N2O5/c1-16(2)13-20(26-24(30)31-15-18-10-5-4-6-11-18)22(27)25-21(23(28)29)14-19-12-8-7-9-17(19)3/h4-12,16,20-21H,13-15H2,1-3H3,(H,25,27)(H,26,30)(H,28,29)/t20-,21+/m0/s1. The van der Waals surface area contributed by atoms with E-state index >= 15 is 0 Å². The van der Waals surface area contributed by atoms with Crippen LogP contribution in [0.5, 0.6) is 0 Å². The largest absolute Gasteiger partial charge is 0.480 e. The molecule has 2 atom stereocenters. The van der Waals surface area contributed by atoms with E-state index in [0.717, 1.165) is 16.7 Å². The van der Waals surface area contributed by atoms with Crippen molar-refractivity contribution in [1.29, 1.82) is 0 Å². The first kappa shape index (κ1) is 23.9. The lowest BCUT2D eigenvalue weighted by Crippen LogP contribution is -2.52. The van der Waals surface area contributed by atoms with Crippen molar-refractivity contribution in [3.05, 3.63) is 71.3 Å². The second-order valence-corrected chi connectivity index (χ2v) is 7.92. The number of carboxylic acids is 1. The number of rotatable bonds is 10. The minimum Gasteiger partial charge on any atom is -0.480 e. The van der Waals surface area contributed by atoms with Crippen LogP contribution in [0, 0.1) is 12.8 Å². The molecule has 0 aliphatic heterocycles. The fourth-order valence-corrected chi connectivity index (χ4v) is 3.14. The summed E-state index contributed by atoms with van der Waals surface area (Å²) in [6, 6.07) is 14.6. The molecule has 0 aromatic heterocycles. The summed E-state index contributed by atoms with van der Waals surface area (Å²) >= 11 is 0. The summed E-state index contributed by atoms with van der Waals surface area (Å²) in [6.07, 6.45) is -0.223. The minimum absolute atomic E-state index is 0.0771. The summed E-state index contributed by atoms with van der Waals surface area (Å²) in [5.74, 6) is -1.58. The zero-order valence-electron chi connectivity index (χ0n) is 18.1.